The standard InChI is InChI=1S/C9H16BrN5O4S2/c1-15(2)20(16,17)4-3-13-21(18,19)8-5-7(10)6-12-9(8)14-11/h5-6,13H,3-4,11H2,1-2H3,(H,12,14). The summed E-state index contributed by atoms with van der Waals surface area (Å²) in [5.41, 5.74) is 2.18. The zero-order valence-corrected chi connectivity index (χ0v) is 14.6. The van der Waals surface area contributed by atoms with Crippen molar-refractivity contribution < 1.29 is 16.8 Å². The lowest BCUT2D eigenvalue weighted by molar-refractivity contribution is 0.519. The fourth-order valence-corrected chi connectivity index (χ4v) is 3.81. The van der Waals surface area contributed by atoms with Gasteiger partial charge in [-0.1, -0.05) is 0 Å². The monoisotopic (exact) mass is 401 g/mol. The number of rotatable bonds is 7. The highest BCUT2D eigenvalue weighted by molar-refractivity contribution is 9.10. The molecule has 0 unspecified atom stereocenters. The second-order valence-electron chi connectivity index (χ2n) is 4.14. The average Bonchev–Trinajstić information content (AvgIpc) is 2.38. The molecule has 0 aromatic carbocycles. The smallest absolute Gasteiger partial charge is 0.244 e. The Labute approximate surface area is 132 Å². The van der Waals surface area contributed by atoms with Crippen LogP contribution < -0.4 is 16.0 Å². The summed E-state index contributed by atoms with van der Waals surface area (Å²) in [4.78, 5) is 3.64. The van der Waals surface area contributed by atoms with Gasteiger partial charge < -0.3 is 5.43 Å². The molecule has 4 N–H and O–H groups in total. The van der Waals surface area contributed by atoms with Crippen molar-refractivity contribution in [1.29, 1.82) is 0 Å². The Kier molecular flexibility index (Phi) is 6.07. The van der Waals surface area contributed by atoms with E-state index in [1.54, 1.807) is 0 Å². The van der Waals surface area contributed by atoms with Gasteiger partial charge in [-0.3, -0.25) is 0 Å². The second kappa shape index (κ2) is 6.98. The van der Waals surface area contributed by atoms with E-state index in [0.29, 0.717) is 4.47 Å². The molecule has 21 heavy (non-hydrogen) atoms. The van der Waals surface area contributed by atoms with Crippen molar-refractivity contribution in [2.24, 2.45) is 5.84 Å². The van der Waals surface area contributed by atoms with Gasteiger partial charge in [0.25, 0.3) is 0 Å². The summed E-state index contributed by atoms with van der Waals surface area (Å²) in [6.07, 6.45) is 1.38. The number of nitrogens with two attached hydrogens (primary N) is 1. The van der Waals surface area contributed by atoms with Crippen LogP contribution in [0.2, 0.25) is 0 Å². The molecule has 0 radical (unpaired) electrons. The topological polar surface area (TPSA) is 134 Å². The summed E-state index contributed by atoms with van der Waals surface area (Å²) in [5, 5.41) is 0. The molecule has 0 atom stereocenters. The predicted octanol–water partition coefficient (Wildman–Crippen LogP) is -0.701. The maximum Gasteiger partial charge on any atom is 0.244 e. The van der Waals surface area contributed by atoms with E-state index in [1.165, 1.54) is 26.4 Å². The molecular weight excluding hydrogens is 386 g/mol. The van der Waals surface area contributed by atoms with Gasteiger partial charge in [-0.15, -0.1) is 0 Å². The molecule has 0 aliphatic carbocycles. The van der Waals surface area contributed by atoms with Crippen LogP contribution in [-0.2, 0) is 20.0 Å². The molecule has 0 fully saturated rings. The lowest BCUT2D eigenvalue weighted by Crippen LogP contribution is -2.34. The van der Waals surface area contributed by atoms with E-state index in [9.17, 15) is 16.8 Å². The Hall–Kier alpha value is -0.790. The average molecular weight is 402 g/mol. The number of halogens is 1. The lowest BCUT2D eigenvalue weighted by Gasteiger charge is -2.13. The lowest BCUT2D eigenvalue weighted by atomic mass is 10.5. The number of hydrogen-bond donors (Lipinski definition) is 3. The van der Waals surface area contributed by atoms with E-state index in [0.717, 1.165) is 4.31 Å². The van der Waals surface area contributed by atoms with Crippen LogP contribution in [0.5, 0.6) is 0 Å². The van der Waals surface area contributed by atoms with E-state index in [1.807, 2.05) is 0 Å². The zero-order chi connectivity index (χ0) is 16.3. The van der Waals surface area contributed by atoms with Crippen LogP contribution in [-0.4, -0.2) is 52.5 Å². The van der Waals surface area contributed by atoms with Gasteiger partial charge in [0.1, 0.15) is 4.90 Å². The van der Waals surface area contributed by atoms with Gasteiger partial charge in [-0.2, -0.15) is 0 Å². The van der Waals surface area contributed by atoms with Crippen LogP contribution in [0.15, 0.2) is 21.6 Å². The Bertz CT molecular complexity index is 705. The van der Waals surface area contributed by atoms with Gasteiger partial charge in [0.2, 0.25) is 20.0 Å². The molecule has 0 spiro atoms. The Balaban J connectivity index is 2.91. The first kappa shape index (κ1) is 18.3. The third-order valence-electron chi connectivity index (χ3n) is 2.45. The normalized spacial score (nSPS) is 12.6. The molecule has 0 amide bonds. The summed E-state index contributed by atoms with van der Waals surface area (Å²) in [5.74, 6) is 4.82. The highest BCUT2D eigenvalue weighted by Gasteiger charge is 2.21. The molecule has 9 nitrogen and oxygen atoms in total. The van der Waals surface area contributed by atoms with E-state index in [-0.39, 0.29) is 23.0 Å². The van der Waals surface area contributed by atoms with E-state index < -0.39 is 20.0 Å². The van der Waals surface area contributed by atoms with E-state index in [2.05, 4.69) is 31.1 Å². The number of sulfonamides is 2. The maximum absolute atomic E-state index is 12.1. The molecule has 0 aliphatic heterocycles. The Morgan fingerprint density at radius 2 is 1.95 bits per heavy atom. The van der Waals surface area contributed by atoms with Crippen LogP contribution in [0.4, 0.5) is 5.82 Å². The van der Waals surface area contributed by atoms with Gasteiger partial charge in [0.15, 0.2) is 5.82 Å². The summed E-state index contributed by atoms with van der Waals surface area (Å²) in [6, 6.07) is 1.31. The maximum atomic E-state index is 12.1. The van der Waals surface area contributed by atoms with Crippen LogP contribution in [0.25, 0.3) is 0 Å². The third kappa shape index (κ3) is 4.86. The number of pyridine rings is 1. The van der Waals surface area contributed by atoms with Gasteiger partial charge >= 0.3 is 0 Å². The summed E-state index contributed by atoms with van der Waals surface area (Å²) >= 11 is 3.11. The first-order chi connectivity index (χ1) is 9.60. The zero-order valence-electron chi connectivity index (χ0n) is 11.4. The van der Waals surface area contributed by atoms with Crippen molar-refractivity contribution in [3.05, 3.63) is 16.7 Å². The fraction of sp³-hybridized carbons (Fsp3) is 0.444. The Morgan fingerprint density at radius 3 is 2.48 bits per heavy atom. The molecule has 12 heteroatoms. The van der Waals surface area contributed by atoms with Crippen LogP contribution >= 0.6 is 15.9 Å². The quantitative estimate of drug-likeness (QED) is 0.406. The van der Waals surface area contributed by atoms with Crippen molar-refractivity contribution in [2.75, 3.05) is 31.8 Å². The molecule has 1 aromatic rings. The molecule has 0 aliphatic rings. The molecule has 0 saturated carbocycles. The molecule has 120 valence electrons. The number of nitrogens with one attached hydrogen (secondary N) is 2. The highest BCUT2D eigenvalue weighted by Crippen LogP contribution is 2.21. The number of hydrogen-bond acceptors (Lipinski definition) is 7. The first-order valence-corrected chi connectivity index (χ1v) is 9.50. The molecule has 1 heterocycles. The van der Waals surface area contributed by atoms with Crippen LogP contribution in [0.3, 0.4) is 0 Å². The van der Waals surface area contributed by atoms with Gasteiger partial charge in [0.05, 0.1) is 5.75 Å². The molecule has 1 rings (SSSR count). The molecule has 0 bridgehead atoms. The molecular formula is C9H16BrN5O4S2. The minimum atomic E-state index is -3.94. The SMILES string of the molecule is CN(C)S(=O)(=O)CCNS(=O)(=O)c1cc(Br)cnc1NN. The molecule has 0 saturated heterocycles. The van der Waals surface area contributed by atoms with Crippen molar-refractivity contribution >= 4 is 41.8 Å². The summed E-state index contributed by atoms with van der Waals surface area (Å²) in [7, 11) is -4.68. The number of hydrazine groups is 1. The van der Waals surface area contributed by atoms with E-state index >= 15 is 0 Å². The fourth-order valence-electron chi connectivity index (χ4n) is 1.30. The van der Waals surface area contributed by atoms with Crippen molar-refractivity contribution in [3.8, 4) is 0 Å². The number of anilines is 1. The van der Waals surface area contributed by atoms with Crippen molar-refractivity contribution in [1.82, 2.24) is 14.0 Å². The third-order valence-corrected chi connectivity index (χ3v) is 6.19. The van der Waals surface area contributed by atoms with Gasteiger partial charge in [-0.05, 0) is 22.0 Å². The predicted molar refractivity (Wildman–Crippen MR) is 82.4 cm³/mol. The summed E-state index contributed by atoms with van der Waals surface area (Å²) in [6.45, 7) is -0.265. The largest absolute Gasteiger partial charge is 0.307 e. The second-order valence-corrected chi connectivity index (χ2v) is 9.09. The molecule has 1 aromatic heterocycles. The number of nitrogens with zero attached hydrogens (tertiary/aromatic N) is 2. The van der Waals surface area contributed by atoms with Crippen LogP contribution in [0.1, 0.15) is 0 Å². The Morgan fingerprint density at radius 1 is 1.33 bits per heavy atom. The number of aromatic nitrogens is 1. The van der Waals surface area contributed by atoms with Crippen molar-refractivity contribution in [2.45, 2.75) is 4.90 Å². The van der Waals surface area contributed by atoms with Gasteiger partial charge in [-0.25, -0.2) is 36.7 Å². The number of nitrogen functional groups attached to an aromatic ring is 1. The van der Waals surface area contributed by atoms with Crippen molar-refractivity contribution in [3.63, 3.8) is 0 Å². The van der Waals surface area contributed by atoms with Gasteiger partial charge in [0, 0.05) is 31.3 Å². The summed E-state index contributed by atoms with van der Waals surface area (Å²) < 4.78 is 51.1. The first-order valence-electron chi connectivity index (χ1n) is 5.62. The van der Waals surface area contributed by atoms with Crippen LogP contribution in [0, 0.1) is 0 Å². The van der Waals surface area contributed by atoms with E-state index in [4.69, 9.17) is 5.84 Å². The minimum absolute atomic E-state index is 0.0406. The minimum Gasteiger partial charge on any atom is -0.307 e. The highest BCUT2D eigenvalue weighted by atomic mass is 79.9.